The van der Waals surface area contributed by atoms with Crippen LogP contribution in [0.3, 0.4) is 0 Å². The monoisotopic (exact) mass is 373 g/mol. The van der Waals surface area contributed by atoms with Crippen molar-refractivity contribution in [2.75, 3.05) is 6.26 Å². The third-order valence-corrected chi connectivity index (χ3v) is 5.05. The van der Waals surface area contributed by atoms with Crippen LogP contribution in [0.25, 0.3) is 5.69 Å². The number of imidazole rings is 1. The normalized spacial score (nSPS) is 19.6. The first-order valence-corrected chi connectivity index (χ1v) is 9.27. The molecule has 1 atom stereocenters. The zero-order valence-corrected chi connectivity index (χ0v) is 15.5. The Balaban J connectivity index is 1.75. The van der Waals surface area contributed by atoms with Gasteiger partial charge in [-0.25, -0.2) is 9.78 Å². The number of nitrogens with one attached hydrogen (secondary N) is 2. The van der Waals surface area contributed by atoms with E-state index in [0.717, 1.165) is 15.9 Å². The second-order valence-corrected chi connectivity index (χ2v) is 6.80. The van der Waals surface area contributed by atoms with Gasteiger partial charge in [0.05, 0.1) is 0 Å². The van der Waals surface area contributed by atoms with Gasteiger partial charge in [0.1, 0.15) is 5.54 Å². The maximum Gasteiger partial charge on any atom is 0.344 e. The van der Waals surface area contributed by atoms with Crippen molar-refractivity contribution in [3.63, 3.8) is 0 Å². The lowest BCUT2D eigenvalue weighted by molar-refractivity contribution is -0.132. The van der Waals surface area contributed by atoms with E-state index in [-0.39, 0.29) is 0 Å². The van der Waals surface area contributed by atoms with E-state index in [1.807, 2.05) is 17.0 Å². The number of rotatable bonds is 5. The van der Waals surface area contributed by atoms with Crippen molar-refractivity contribution >= 4 is 29.6 Å². The Morgan fingerprint density at radius 2 is 2.00 bits per heavy atom. The molecule has 9 heteroatoms. The Bertz CT molecular complexity index is 864. The van der Waals surface area contributed by atoms with Gasteiger partial charge in [0, 0.05) is 23.6 Å². The van der Waals surface area contributed by atoms with Gasteiger partial charge >= 0.3 is 6.03 Å². The number of aromatic nitrogens is 2. The summed E-state index contributed by atoms with van der Waals surface area (Å²) in [6, 6.07) is 6.18. The molecule has 1 unspecified atom stereocenters. The van der Waals surface area contributed by atoms with Crippen molar-refractivity contribution in [3.05, 3.63) is 42.2 Å². The molecular weight excluding hydrogens is 354 g/mol. The molecule has 1 aliphatic heterocycles. The number of urea groups is 1. The lowest BCUT2D eigenvalue weighted by atomic mass is 10.00. The second-order valence-electron chi connectivity index (χ2n) is 6.03. The maximum atomic E-state index is 12.4. The summed E-state index contributed by atoms with van der Waals surface area (Å²) in [6.45, 7) is 3.42. The summed E-state index contributed by atoms with van der Waals surface area (Å²) in [7, 11) is 0. The number of hydrazine groups is 1. The Kier molecular flexibility index (Phi) is 4.73. The lowest BCUT2D eigenvalue weighted by Crippen LogP contribution is -2.48. The van der Waals surface area contributed by atoms with Crippen molar-refractivity contribution in [2.24, 2.45) is 0 Å². The predicted octanol–water partition coefficient (Wildman–Crippen LogP) is 1.96. The number of carbonyl (C=O) groups excluding carboxylic acids is 3. The van der Waals surface area contributed by atoms with E-state index in [2.05, 4.69) is 15.7 Å². The van der Waals surface area contributed by atoms with Crippen LogP contribution in [-0.4, -0.2) is 44.2 Å². The number of hydrogen-bond acceptors (Lipinski definition) is 5. The summed E-state index contributed by atoms with van der Waals surface area (Å²) in [6.07, 6.45) is 5.90. The zero-order chi connectivity index (χ0) is 18.9. The SMILES string of the molecule is CCC1(C)NC(=O)N(NC(=O)c2ccc(-n3ccnc3SC)cc2)C1=O. The van der Waals surface area contributed by atoms with Crippen LogP contribution in [0, 0.1) is 0 Å². The minimum Gasteiger partial charge on any atom is -0.322 e. The molecule has 1 aliphatic rings. The molecule has 1 fully saturated rings. The highest BCUT2D eigenvalue weighted by atomic mass is 32.2. The molecule has 1 aromatic heterocycles. The van der Waals surface area contributed by atoms with Gasteiger partial charge in [-0.1, -0.05) is 18.7 Å². The molecule has 0 spiro atoms. The summed E-state index contributed by atoms with van der Waals surface area (Å²) in [5, 5.41) is 4.16. The topological polar surface area (TPSA) is 96.3 Å². The molecule has 0 radical (unpaired) electrons. The molecule has 0 saturated carbocycles. The minimum atomic E-state index is -0.996. The van der Waals surface area contributed by atoms with Crippen LogP contribution in [0.5, 0.6) is 0 Å². The van der Waals surface area contributed by atoms with Crippen molar-refractivity contribution in [2.45, 2.75) is 31.0 Å². The maximum absolute atomic E-state index is 12.4. The van der Waals surface area contributed by atoms with E-state index < -0.39 is 23.4 Å². The standard InChI is InChI=1S/C17H19N5O3S/c1-4-17(2)14(24)22(15(25)19-17)20-13(23)11-5-7-12(8-6-11)21-10-9-18-16(21)26-3/h5-10H,4H2,1-3H3,(H,19,25)(H,20,23). The van der Waals surface area contributed by atoms with Crippen LogP contribution >= 0.6 is 11.8 Å². The highest BCUT2D eigenvalue weighted by Gasteiger charge is 2.47. The number of imide groups is 1. The predicted molar refractivity (Wildman–Crippen MR) is 96.9 cm³/mol. The van der Waals surface area contributed by atoms with E-state index in [9.17, 15) is 14.4 Å². The Hall–Kier alpha value is -2.81. The van der Waals surface area contributed by atoms with Crippen molar-refractivity contribution in [1.82, 2.24) is 25.3 Å². The van der Waals surface area contributed by atoms with Gasteiger partial charge in [0.25, 0.3) is 11.8 Å². The average molecular weight is 373 g/mol. The number of hydrogen-bond donors (Lipinski definition) is 2. The molecule has 1 saturated heterocycles. The Morgan fingerprint density at radius 3 is 2.58 bits per heavy atom. The smallest absolute Gasteiger partial charge is 0.322 e. The molecule has 1 aromatic carbocycles. The largest absolute Gasteiger partial charge is 0.344 e. The fraction of sp³-hybridized carbons (Fsp3) is 0.294. The molecule has 0 aliphatic carbocycles. The van der Waals surface area contributed by atoms with Crippen molar-refractivity contribution in [1.29, 1.82) is 0 Å². The first kappa shape index (κ1) is 18.0. The van der Waals surface area contributed by atoms with Gasteiger partial charge in [-0.05, 0) is 43.9 Å². The first-order chi connectivity index (χ1) is 12.4. The number of thioether (sulfide) groups is 1. The number of nitrogens with zero attached hydrogens (tertiary/aromatic N) is 3. The number of carbonyl (C=O) groups is 3. The third-order valence-electron chi connectivity index (χ3n) is 4.38. The fourth-order valence-corrected chi connectivity index (χ4v) is 3.13. The van der Waals surface area contributed by atoms with Gasteiger partial charge in [-0.2, -0.15) is 5.01 Å². The zero-order valence-electron chi connectivity index (χ0n) is 14.6. The number of benzene rings is 1. The Labute approximate surface area is 154 Å². The van der Waals surface area contributed by atoms with Crippen LogP contribution in [0.1, 0.15) is 30.6 Å². The number of amides is 4. The average Bonchev–Trinajstić information content (AvgIpc) is 3.21. The Morgan fingerprint density at radius 1 is 1.31 bits per heavy atom. The van der Waals surface area contributed by atoms with Crippen LogP contribution in [-0.2, 0) is 4.79 Å². The summed E-state index contributed by atoms with van der Waals surface area (Å²) in [5.41, 5.74) is 2.57. The van der Waals surface area contributed by atoms with Gasteiger partial charge in [0.2, 0.25) is 0 Å². The van der Waals surface area contributed by atoms with Crippen LogP contribution in [0.2, 0.25) is 0 Å². The minimum absolute atomic E-state index is 0.338. The second kappa shape index (κ2) is 6.83. The van der Waals surface area contributed by atoms with Gasteiger partial charge < -0.3 is 5.32 Å². The fourth-order valence-electron chi connectivity index (χ4n) is 2.60. The van der Waals surface area contributed by atoms with E-state index in [4.69, 9.17) is 0 Å². The highest BCUT2D eigenvalue weighted by Crippen LogP contribution is 2.20. The highest BCUT2D eigenvalue weighted by molar-refractivity contribution is 7.98. The van der Waals surface area contributed by atoms with Crippen LogP contribution < -0.4 is 10.7 Å². The van der Waals surface area contributed by atoms with Crippen LogP contribution in [0.4, 0.5) is 4.79 Å². The van der Waals surface area contributed by atoms with Gasteiger partial charge in [-0.3, -0.25) is 19.6 Å². The van der Waals surface area contributed by atoms with E-state index in [0.29, 0.717) is 12.0 Å². The molecule has 26 heavy (non-hydrogen) atoms. The first-order valence-electron chi connectivity index (χ1n) is 8.05. The molecule has 136 valence electrons. The molecule has 2 heterocycles. The van der Waals surface area contributed by atoms with Crippen molar-refractivity contribution < 1.29 is 14.4 Å². The van der Waals surface area contributed by atoms with Crippen molar-refractivity contribution in [3.8, 4) is 5.69 Å². The molecular formula is C17H19N5O3S. The molecule has 2 aromatic rings. The molecule has 3 rings (SSSR count). The third kappa shape index (κ3) is 3.05. The molecule has 2 N–H and O–H groups in total. The summed E-state index contributed by atoms with van der Waals surface area (Å²) >= 11 is 1.52. The van der Waals surface area contributed by atoms with E-state index >= 15 is 0 Å². The summed E-state index contributed by atoms with van der Waals surface area (Å²) in [4.78, 5) is 40.9. The van der Waals surface area contributed by atoms with Gasteiger partial charge in [-0.15, -0.1) is 0 Å². The summed E-state index contributed by atoms with van der Waals surface area (Å²) < 4.78 is 1.90. The van der Waals surface area contributed by atoms with E-state index in [1.165, 1.54) is 11.8 Å². The lowest BCUT2D eigenvalue weighted by Gasteiger charge is -2.19. The van der Waals surface area contributed by atoms with E-state index in [1.54, 1.807) is 44.3 Å². The molecule has 8 nitrogen and oxygen atoms in total. The van der Waals surface area contributed by atoms with Crippen LogP contribution in [0.15, 0.2) is 41.8 Å². The molecule has 4 amide bonds. The quantitative estimate of drug-likeness (QED) is 0.617. The molecule has 0 bridgehead atoms. The summed E-state index contributed by atoms with van der Waals surface area (Å²) in [5.74, 6) is -1.01. The van der Waals surface area contributed by atoms with Gasteiger partial charge in [0.15, 0.2) is 5.16 Å².